The van der Waals surface area contributed by atoms with Gasteiger partial charge in [0.15, 0.2) is 6.29 Å². The number of esters is 5. The van der Waals surface area contributed by atoms with Gasteiger partial charge in [0, 0.05) is 50.9 Å². The van der Waals surface area contributed by atoms with E-state index >= 15 is 0 Å². The number of carbonyl (C=O) groups excluding carboxylic acids is 6. The molecule has 0 bridgehead atoms. The highest BCUT2D eigenvalue weighted by atomic mass is 32.2. The summed E-state index contributed by atoms with van der Waals surface area (Å²) in [5.74, 6) is -1.36. The van der Waals surface area contributed by atoms with Crippen molar-refractivity contribution in [3.05, 3.63) is 0 Å². The van der Waals surface area contributed by atoms with Crippen LogP contribution in [-0.4, -0.2) is 135 Å². The molecule has 16 heteroatoms. The zero-order valence-electron chi connectivity index (χ0n) is 46.8. The van der Waals surface area contributed by atoms with Gasteiger partial charge in [0.05, 0.1) is 17.4 Å². The molecule has 0 rings (SSSR count). The molecule has 2 atom stereocenters. The lowest BCUT2D eigenvalue weighted by molar-refractivity contribution is -0.168. The summed E-state index contributed by atoms with van der Waals surface area (Å²) in [5.41, 5.74) is -1.85. The highest BCUT2D eigenvalue weighted by molar-refractivity contribution is 8.13. The molecule has 0 radical (unpaired) electrons. The van der Waals surface area contributed by atoms with Crippen LogP contribution in [0.1, 0.15) is 228 Å². The van der Waals surface area contributed by atoms with Crippen molar-refractivity contribution in [2.45, 2.75) is 234 Å². The van der Waals surface area contributed by atoms with Crippen LogP contribution in [0, 0.1) is 10.8 Å². The maximum atomic E-state index is 13.5. The SMILES string of the molecule is CCCCCCCC(=O)OCC(C)(COC(=O)CCCCCCC)COC(=O)CCCN(CCCC(=O)OCC(C)(COC(=O)CCCCCCC)COC(O)CCCCCCC)C(=O)SCCCN(C)C. The first kappa shape index (κ1) is 69.0. The molecule has 0 aromatic rings. The molecule has 0 aliphatic carbocycles. The van der Waals surface area contributed by atoms with Gasteiger partial charge in [-0.05, 0) is 78.9 Å². The Morgan fingerprint density at radius 2 is 0.750 bits per heavy atom. The molecule has 0 fully saturated rings. The summed E-state index contributed by atoms with van der Waals surface area (Å²) in [7, 11) is 3.95. The number of hydrogen-bond acceptors (Lipinski definition) is 15. The van der Waals surface area contributed by atoms with Crippen molar-refractivity contribution in [2.24, 2.45) is 10.8 Å². The second-order valence-electron chi connectivity index (χ2n) is 20.9. The molecule has 0 saturated heterocycles. The molecule has 72 heavy (non-hydrogen) atoms. The van der Waals surface area contributed by atoms with E-state index in [0.717, 1.165) is 141 Å². The van der Waals surface area contributed by atoms with Crippen molar-refractivity contribution in [3.63, 3.8) is 0 Å². The van der Waals surface area contributed by atoms with E-state index in [1.807, 2.05) is 14.1 Å². The van der Waals surface area contributed by atoms with Crippen LogP contribution in [0.5, 0.6) is 0 Å². The Balaban J connectivity index is 5.57. The minimum atomic E-state index is -0.987. The van der Waals surface area contributed by atoms with Crippen molar-refractivity contribution < 1.29 is 62.3 Å². The summed E-state index contributed by atoms with van der Waals surface area (Å²) in [6.45, 7) is 13.1. The van der Waals surface area contributed by atoms with E-state index in [2.05, 4.69) is 32.6 Å². The summed E-state index contributed by atoms with van der Waals surface area (Å²) in [5, 5.41) is 10.4. The van der Waals surface area contributed by atoms with Crippen LogP contribution in [0.3, 0.4) is 0 Å². The van der Waals surface area contributed by atoms with Crippen LogP contribution in [0.2, 0.25) is 0 Å². The molecule has 0 aromatic heterocycles. The van der Waals surface area contributed by atoms with Crippen LogP contribution < -0.4 is 0 Å². The van der Waals surface area contributed by atoms with Crippen molar-refractivity contribution in [3.8, 4) is 0 Å². The molecule has 1 N–H and O–H groups in total. The summed E-state index contributed by atoms with van der Waals surface area (Å²) >= 11 is 1.20. The van der Waals surface area contributed by atoms with Gasteiger partial charge in [-0.1, -0.05) is 149 Å². The lowest BCUT2D eigenvalue weighted by Crippen LogP contribution is -2.37. The molecular weight excluding hydrogens is 941 g/mol. The number of nitrogens with zero attached hydrogens (tertiary/aromatic N) is 2. The van der Waals surface area contributed by atoms with E-state index in [1.165, 1.54) is 11.8 Å². The highest BCUT2D eigenvalue weighted by Crippen LogP contribution is 2.24. The van der Waals surface area contributed by atoms with Crippen molar-refractivity contribution in [1.29, 1.82) is 0 Å². The quantitative estimate of drug-likeness (QED) is 0.0262. The van der Waals surface area contributed by atoms with E-state index in [-0.39, 0.29) is 88.7 Å². The molecule has 2 unspecified atom stereocenters. The number of aliphatic hydroxyl groups is 1. The topological polar surface area (TPSA) is 185 Å². The summed E-state index contributed by atoms with van der Waals surface area (Å²) in [6.07, 6.45) is 22.0. The maximum Gasteiger partial charge on any atom is 0.305 e. The molecule has 0 spiro atoms. The molecule has 15 nitrogen and oxygen atoms in total. The third-order valence-corrected chi connectivity index (χ3v) is 13.4. The van der Waals surface area contributed by atoms with Gasteiger partial charge >= 0.3 is 29.8 Å². The largest absolute Gasteiger partial charge is 0.465 e. The van der Waals surface area contributed by atoms with Crippen LogP contribution in [0.4, 0.5) is 4.79 Å². The zero-order valence-corrected chi connectivity index (χ0v) is 47.6. The lowest BCUT2D eigenvalue weighted by Gasteiger charge is -2.29. The van der Waals surface area contributed by atoms with Gasteiger partial charge in [-0.2, -0.15) is 0 Å². The average Bonchev–Trinajstić information content (AvgIpc) is 3.35. The van der Waals surface area contributed by atoms with Crippen LogP contribution in [0.25, 0.3) is 0 Å². The monoisotopic (exact) mass is 1040 g/mol. The number of hydrogen-bond donors (Lipinski definition) is 1. The van der Waals surface area contributed by atoms with Gasteiger partial charge in [0.25, 0.3) is 5.24 Å². The molecule has 422 valence electrons. The Morgan fingerprint density at radius 3 is 1.10 bits per heavy atom. The van der Waals surface area contributed by atoms with E-state index in [4.69, 9.17) is 28.4 Å². The normalized spacial score (nSPS) is 12.8. The van der Waals surface area contributed by atoms with Crippen molar-refractivity contribution in [2.75, 3.05) is 79.1 Å². The second kappa shape index (κ2) is 45.4. The molecule has 0 aromatic carbocycles. The Bertz CT molecular complexity index is 1390. The highest BCUT2D eigenvalue weighted by Gasteiger charge is 2.32. The minimum absolute atomic E-state index is 0.0138. The molecular formula is C56H104N2O13S. The molecule has 0 saturated carbocycles. The van der Waals surface area contributed by atoms with E-state index in [0.29, 0.717) is 44.3 Å². The van der Waals surface area contributed by atoms with Gasteiger partial charge in [-0.3, -0.25) is 28.8 Å². The Labute approximate surface area is 441 Å². The number of carbonyl (C=O) groups is 6. The zero-order chi connectivity index (χ0) is 53.7. The standard InChI is InChI=1S/C56H104N2O13S/c1-9-13-17-21-25-32-48(59)66-42-55(5,43-67-49(60)33-26-22-18-14-10-2)46-70-52(63)36-29-39-58(54(65)72-41-31-38-57(7)8)40-30-37-53(64)71-47-56(6,44-68-50(61)34-27-23-19-15-11-3)45-69-51(62)35-28-24-20-16-12-4/h48,59H,9-47H2,1-8H3. The van der Waals surface area contributed by atoms with Gasteiger partial charge in [0.1, 0.15) is 33.0 Å². The number of unbranched alkanes of at least 4 members (excludes halogenated alkanes) is 16. The van der Waals surface area contributed by atoms with E-state index in [9.17, 15) is 33.9 Å². The van der Waals surface area contributed by atoms with Gasteiger partial charge in [-0.25, -0.2) is 0 Å². The summed E-state index contributed by atoms with van der Waals surface area (Å²) in [6, 6.07) is 0. The Kier molecular flexibility index (Phi) is 43.6. The first-order chi connectivity index (χ1) is 34.5. The third kappa shape index (κ3) is 41.4. The molecule has 1 amide bonds. The van der Waals surface area contributed by atoms with Crippen molar-refractivity contribution >= 4 is 46.8 Å². The number of rotatable bonds is 49. The van der Waals surface area contributed by atoms with Gasteiger partial charge in [0.2, 0.25) is 0 Å². The fourth-order valence-electron chi connectivity index (χ4n) is 7.56. The van der Waals surface area contributed by atoms with Crippen molar-refractivity contribution in [1.82, 2.24) is 9.80 Å². The number of thioether (sulfide) groups is 1. The number of aliphatic hydroxyl groups excluding tert-OH is 1. The second-order valence-corrected chi connectivity index (χ2v) is 21.9. The predicted molar refractivity (Wildman–Crippen MR) is 288 cm³/mol. The van der Waals surface area contributed by atoms with E-state index in [1.54, 1.807) is 18.7 Å². The van der Waals surface area contributed by atoms with Gasteiger partial charge < -0.3 is 43.3 Å². The number of amides is 1. The summed E-state index contributed by atoms with van der Waals surface area (Å²) in [4.78, 5) is 81.5. The van der Waals surface area contributed by atoms with Crippen LogP contribution in [-0.2, 0) is 52.4 Å². The number of ether oxygens (including phenoxy) is 6. The van der Waals surface area contributed by atoms with Gasteiger partial charge in [-0.15, -0.1) is 0 Å². The molecule has 0 aliphatic heterocycles. The average molecular weight is 1050 g/mol. The fraction of sp³-hybridized carbons (Fsp3) is 0.893. The van der Waals surface area contributed by atoms with Crippen LogP contribution >= 0.6 is 11.8 Å². The maximum absolute atomic E-state index is 13.5. The molecule has 0 aliphatic rings. The first-order valence-electron chi connectivity index (χ1n) is 28.2. The minimum Gasteiger partial charge on any atom is -0.465 e. The summed E-state index contributed by atoms with van der Waals surface area (Å²) < 4.78 is 34.2. The third-order valence-electron chi connectivity index (χ3n) is 12.4. The lowest BCUT2D eigenvalue weighted by atomic mass is 9.94. The smallest absolute Gasteiger partial charge is 0.305 e. The first-order valence-corrected chi connectivity index (χ1v) is 29.1. The van der Waals surface area contributed by atoms with Crippen LogP contribution in [0.15, 0.2) is 0 Å². The van der Waals surface area contributed by atoms with E-state index < -0.39 is 29.1 Å². The predicted octanol–water partition coefficient (Wildman–Crippen LogP) is 12.2. The Morgan fingerprint density at radius 1 is 0.431 bits per heavy atom. The Hall–Kier alpha value is -2.95. The molecule has 0 heterocycles. The fourth-order valence-corrected chi connectivity index (χ4v) is 8.37.